The number of amides is 1. The number of ether oxygens (including phenoxy) is 3. The number of benzene rings is 1. The van der Waals surface area contributed by atoms with Gasteiger partial charge < -0.3 is 19.5 Å². The third kappa shape index (κ3) is 4.26. The second kappa shape index (κ2) is 8.46. The largest absolute Gasteiger partial charge is 0.497 e. The molecule has 0 radical (unpaired) electrons. The normalized spacial score (nSPS) is 23.0. The number of morpholine rings is 1. The Morgan fingerprint density at radius 1 is 1.29 bits per heavy atom. The van der Waals surface area contributed by atoms with Crippen LogP contribution in [0.3, 0.4) is 0 Å². The zero-order valence-corrected chi connectivity index (χ0v) is 14.2. The van der Waals surface area contributed by atoms with Gasteiger partial charge in [-0.05, 0) is 30.5 Å². The van der Waals surface area contributed by atoms with Crippen LogP contribution < -0.4 is 10.1 Å². The highest BCUT2D eigenvalue weighted by Crippen LogP contribution is 2.24. The fourth-order valence-electron chi connectivity index (χ4n) is 3.27. The van der Waals surface area contributed by atoms with E-state index in [9.17, 15) is 4.79 Å². The van der Waals surface area contributed by atoms with Crippen LogP contribution in [-0.2, 0) is 14.3 Å². The Kier molecular flexibility index (Phi) is 6.07. The van der Waals surface area contributed by atoms with Gasteiger partial charge in [0.15, 0.2) is 0 Å². The number of nitrogens with one attached hydrogen (secondary N) is 1. The van der Waals surface area contributed by atoms with Gasteiger partial charge in [-0.2, -0.15) is 0 Å². The smallest absolute Gasteiger partial charge is 0.249 e. The van der Waals surface area contributed by atoms with Crippen LogP contribution in [0.2, 0.25) is 0 Å². The number of carbonyl (C=O) groups excluding carboxylic acids is 1. The van der Waals surface area contributed by atoms with Crippen LogP contribution in [0.25, 0.3) is 0 Å². The van der Waals surface area contributed by atoms with Gasteiger partial charge in [0.25, 0.3) is 0 Å². The maximum Gasteiger partial charge on any atom is 0.249 e. The minimum atomic E-state index is -0.286. The lowest BCUT2D eigenvalue weighted by Crippen LogP contribution is -2.45. The summed E-state index contributed by atoms with van der Waals surface area (Å²) in [5.41, 5.74) is 1.17. The van der Waals surface area contributed by atoms with E-state index in [0.29, 0.717) is 13.2 Å². The van der Waals surface area contributed by atoms with Gasteiger partial charge in [-0.25, -0.2) is 0 Å². The molecule has 1 aromatic rings. The van der Waals surface area contributed by atoms with Gasteiger partial charge in [0, 0.05) is 26.2 Å². The number of methoxy groups -OCH3 is 1. The van der Waals surface area contributed by atoms with E-state index in [1.54, 1.807) is 7.11 Å². The van der Waals surface area contributed by atoms with Gasteiger partial charge in [0.05, 0.1) is 26.4 Å². The summed E-state index contributed by atoms with van der Waals surface area (Å²) in [6.07, 6.45) is 1.49. The van der Waals surface area contributed by atoms with E-state index >= 15 is 0 Å². The van der Waals surface area contributed by atoms with E-state index in [0.717, 1.165) is 44.9 Å². The van der Waals surface area contributed by atoms with Crippen LogP contribution in [0.5, 0.6) is 5.75 Å². The van der Waals surface area contributed by atoms with Crippen molar-refractivity contribution in [1.82, 2.24) is 10.2 Å². The quantitative estimate of drug-likeness (QED) is 0.851. The molecule has 24 heavy (non-hydrogen) atoms. The van der Waals surface area contributed by atoms with Gasteiger partial charge >= 0.3 is 0 Å². The molecule has 1 aromatic carbocycles. The molecule has 132 valence electrons. The molecular formula is C18H26N2O4. The molecule has 3 rings (SSSR count). The molecular weight excluding hydrogens is 308 g/mol. The fraction of sp³-hybridized carbons (Fsp3) is 0.611. The van der Waals surface area contributed by atoms with Crippen LogP contribution in [0, 0.1) is 0 Å². The number of hydrogen-bond acceptors (Lipinski definition) is 5. The maximum absolute atomic E-state index is 12.3. The molecule has 0 bridgehead atoms. The van der Waals surface area contributed by atoms with Crippen molar-refractivity contribution in [2.24, 2.45) is 0 Å². The molecule has 2 aliphatic rings. The third-order valence-electron chi connectivity index (χ3n) is 4.68. The summed E-state index contributed by atoms with van der Waals surface area (Å²) in [4.78, 5) is 14.6. The molecule has 2 heterocycles. The van der Waals surface area contributed by atoms with Crippen molar-refractivity contribution >= 4 is 5.91 Å². The second-order valence-corrected chi connectivity index (χ2v) is 6.18. The zero-order valence-electron chi connectivity index (χ0n) is 14.2. The van der Waals surface area contributed by atoms with Crippen molar-refractivity contribution < 1.29 is 19.0 Å². The zero-order chi connectivity index (χ0) is 16.8. The molecule has 0 saturated carbocycles. The lowest BCUT2D eigenvalue weighted by atomic mass is 10.0. The molecule has 2 fully saturated rings. The van der Waals surface area contributed by atoms with Crippen LogP contribution in [0.4, 0.5) is 0 Å². The molecule has 0 unspecified atom stereocenters. The van der Waals surface area contributed by atoms with Crippen molar-refractivity contribution in [2.75, 3.05) is 46.6 Å². The van der Waals surface area contributed by atoms with Gasteiger partial charge in [-0.15, -0.1) is 0 Å². The molecule has 2 aliphatic heterocycles. The summed E-state index contributed by atoms with van der Waals surface area (Å²) in [5, 5.41) is 3.07. The molecule has 0 aromatic heterocycles. The standard InChI is InChI=1S/C18H26N2O4/c1-22-15-6-4-14(5-7-15)16(20-8-11-23-12-9-20)13-19-18(21)17-3-2-10-24-17/h4-7,16-17H,2-3,8-13H2,1H3,(H,19,21)/t16-,17-/m0/s1. The van der Waals surface area contributed by atoms with Crippen molar-refractivity contribution in [3.05, 3.63) is 29.8 Å². The maximum atomic E-state index is 12.3. The third-order valence-corrected chi connectivity index (χ3v) is 4.68. The summed E-state index contributed by atoms with van der Waals surface area (Å²) in [6, 6.07) is 8.19. The first-order chi connectivity index (χ1) is 11.8. The first kappa shape index (κ1) is 17.2. The fourth-order valence-corrected chi connectivity index (χ4v) is 3.27. The van der Waals surface area contributed by atoms with Crippen LogP contribution >= 0.6 is 0 Å². The molecule has 1 N–H and O–H groups in total. The van der Waals surface area contributed by atoms with Gasteiger partial charge in [-0.1, -0.05) is 12.1 Å². The molecule has 2 saturated heterocycles. The van der Waals surface area contributed by atoms with E-state index in [4.69, 9.17) is 14.2 Å². The molecule has 6 heteroatoms. The van der Waals surface area contributed by atoms with E-state index in [-0.39, 0.29) is 18.1 Å². The van der Waals surface area contributed by atoms with Crippen LogP contribution in [-0.4, -0.2) is 63.5 Å². The number of hydrogen-bond donors (Lipinski definition) is 1. The lowest BCUT2D eigenvalue weighted by Gasteiger charge is -2.35. The monoisotopic (exact) mass is 334 g/mol. The molecule has 1 amide bonds. The predicted octanol–water partition coefficient (Wildman–Crippen LogP) is 1.36. The van der Waals surface area contributed by atoms with Crippen LogP contribution in [0.1, 0.15) is 24.4 Å². The number of nitrogens with zero attached hydrogens (tertiary/aromatic N) is 1. The summed E-state index contributed by atoms with van der Waals surface area (Å²) in [7, 11) is 1.66. The summed E-state index contributed by atoms with van der Waals surface area (Å²) >= 11 is 0. The summed E-state index contributed by atoms with van der Waals surface area (Å²) in [6.45, 7) is 4.45. The predicted molar refractivity (Wildman–Crippen MR) is 90.1 cm³/mol. The highest BCUT2D eigenvalue weighted by Gasteiger charge is 2.27. The number of carbonyl (C=O) groups is 1. The second-order valence-electron chi connectivity index (χ2n) is 6.18. The molecule has 6 nitrogen and oxygen atoms in total. The molecule has 0 aliphatic carbocycles. The average molecular weight is 334 g/mol. The molecule has 0 spiro atoms. The van der Waals surface area contributed by atoms with E-state index in [1.165, 1.54) is 5.56 Å². The Morgan fingerprint density at radius 2 is 2.04 bits per heavy atom. The SMILES string of the molecule is COc1ccc([C@H](CNC(=O)[C@@H]2CCCO2)N2CCOCC2)cc1. The summed E-state index contributed by atoms with van der Waals surface area (Å²) in [5.74, 6) is 0.835. The first-order valence-corrected chi connectivity index (χ1v) is 8.63. The molecule has 2 atom stereocenters. The summed E-state index contributed by atoms with van der Waals surface area (Å²) < 4.78 is 16.2. The van der Waals surface area contributed by atoms with Gasteiger partial charge in [0.1, 0.15) is 11.9 Å². The van der Waals surface area contributed by atoms with Crippen molar-refractivity contribution in [3.8, 4) is 5.75 Å². The van der Waals surface area contributed by atoms with Crippen molar-refractivity contribution in [1.29, 1.82) is 0 Å². The van der Waals surface area contributed by atoms with E-state index in [1.807, 2.05) is 12.1 Å². The Bertz CT molecular complexity index is 522. The van der Waals surface area contributed by atoms with Gasteiger partial charge in [-0.3, -0.25) is 9.69 Å². The van der Waals surface area contributed by atoms with Crippen LogP contribution in [0.15, 0.2) is 24.3 Å². The topological polar surface area (TPSA) is 60.0 Å². The Balaban J connectivity index is 1.67. The van der Waals surface area contributed by atoms with Crippen molar-refractivity contribution in [2.45, 2.75) is 25.0 Å². The minimum absolute atomic E-state index is 0.000675. The van der Waals surface area contributed by atoms with E-state index < -0.39 is 0 Å². The first-order valence-electron chi connectivity index (χ1n) is 8.63. The Hall–Kier alpha value is -1.63. The lowest BCUT2D eigenvalue weighted by molar-refractivity contribution is -0.130. The highest BCUT2D eigenvalue weighted by atomic mass is 16.5. The minimum Gasteiger partial charge on any atom is -0.497 e. The van der Waals surface area contributed by atoms with Gasteiger partial charge in [0.2, 0.25) is 5.91 Å². The average Bonchev–Trinajstić information content (AvgIpc) is 3.18. The van der Waals surface area contributed by atoms with Crippen molar-refractivity contribution in [3.63, 3.8) is 0 Å². The Morgan fingerprint density at radius 3 is 2.67 bits per heavy atom. The number of rotatable bonds is 6. The van der Waals surface area contributed by atoms with E-state index in [2.05, 4.69) is 22.3 Å². The highest BCUT2D eigenvalue weighted by molar-refractivity contribution is 5.81. The Labute approximate surface area is 143 Å².